The number of carbonyl (C=O) groups excluding carboxylic acids is 1. The fourth-order valence-electron chi connectivity index (χ4n) is 2.39. The van der Waals surface area contributed by atoms with Crippen LogP contribution in [0.5, 0.6) is 0 Å². The van der Waals surface area contributed by atoms with Crippen LogP contribution in [0.1, 0.15) is 0 Å². The molecule has 0 radical (unpaired) electrons. The molecule has 0 fully saturated rings. The van der Waals surface area contributed by atoms with Gasteiger partial charge in [0.2, 0.25) is 0 Å². The van der Waals surface area contributed by atoms with Crippen LogP contribution in [0.15, 0.2) is 106 Å². The Morgan fingerprint density at radius 2 is 1.28 bits per heavy atom. The van der Waals surface area contributed by atoms with Crippen LogP contribution in [0.4, 0.5) is 8.78 Å². The monoisotopic (exact) mass is 482 g/mol. The Morgan fingerprint density at radius 3 is 1.62 bits per heavy atom. The van der Waals surface area contributed by atoms with Crippen LogP contribution >= 0.6 is 12.0 Å². The van der Waals surface area contributed by atoms with Crippen molar-refractivity contribution in [2.45, 2.75) is 19.9 Å². The van der Waals surface area contributed by atoms with Crippen LogP contribution in [0.2, 0.25) is 0 Å². The van der Waals surface area contributed by atoms with Crippen LogP contribution in [0.25, 0.3) is 0 Å². The number of halogens is 2. The van der Waals surface area contributed by atoms with Gasteiger partial charge in [0.1, 0.15) is 18.6 Å². The zero-order valence-electron chi connectivity index (χ0n) is 16.6. The van der Waals surface area contributed by atoms with Gasteiger partial charge in [-0.2, -0.15) is 13.1 Å². The van der Waals surface area contributed by atoms with Gasteiger partial charge in [-0.3, -0.25) is 5.04 Å². The first kappa shape index (κ1) is 25.8. The lowest BCUT2D eigenvalue weighted by Gasteiger charge is -2.13. The van der Waals surface area contributed by atoms with Crippen molar-refractivity contribution in [2.75, 3.05) is 13.2 Å². The average molecular weight is 483 g/mol. The summed E-state index contributed by atoms with van der Waals surface area (Å²) in [7, 11) is -0.0146. The number of hydrogen-bond donors (Lipinski definition) is 1. The molecule has 0 amide bonds. The predicted molar refractivity (Wildman–Crippen MR) is 114 cm³/mol. The molecular formula is C22H20F2O6S2. The van der Waals surface area contributed by atoms with E-state index in [0.29, 0.717) is 0 Å². The smallest absolute Gasteiger partial charge is 0.415 e. The summed E-state index contributed by atoms with van der Waals surface area (Å²) < 4.78 is 31.9. The van der Waals surface area contributed by atoms with Gasteiger partial charge in [0.25, 0.3) is 0 Å². The summed E-state index contributed by atoms with van der Waals surface area (Å²) in [5.41, 5.74) is 0. The summed E-state index contributed by atoms with van der Waals surface area (Å²) >= 11 is -0.787. The minimum Gasteiger partial charge on any atom is -0.691 e. The molecule has 1 N–H and O–H groups in total. The second-order valence-corrected chi connectivity index (χ2v) is 8.68. The standard InChI is InChI=1S/C18H15S.C4H6F2O6S/c1-4-10-16(11-5-1)19(17-12-6-2-7-13-17)18-14-8-3-9-15-18;5-4(6,13-12-11-9)3(8)10-2-1-7/h1-15H;7,9H,1-2H2/q+1;/p-1. The fourth-order valence-corrected chi connectivity index (χ4v) is 4.74. The Kier molecular flexibility index (Phi) is 11.2. The lowest BCUT2D eigenvalue weighted by Crippen LogP contribution is -2.28. The van der Waals surface area contributed by atoms with Crippen LogP contribution in [0, 0.1) is 0 Å². The Morgan fingerprint density at radius 1 is 0.875 bits per heavy atom. The van der Waals surface area contributed by atoms with E-state index in [2.05, 4.69) is 105 Å². The van der Waals surface area contributed by atoms with Gasteiger partial charge in [0.15, 0.2) is 14.7 Å². The maximum absolute atomic E-state index is 12.4. The highest BCUT2D eigenvalue weighted by atomic mass is 32.2. The first-order valence-electron chi connectivity index (χ1n) is 9.19. The van der Waals surface area contributed by atoms with Crippen molar-refractivity contribution in [1.29, 1.82) is 0 Å². The van der Waals surface area contributed by atoms with Crippen molar-refractivity contribution in [3.63, 3.8) is 0 Å². The predicted octanol–water partition coefficient (Wildman–Crippen LogP) is 3.77. The molecule has 0 aliphatic heterocycles. The van der Waals surface area contributed by atoms with Crippen LogP contribution in [-0.4, -0.2) is 29.5 Å². The summed E-state index contributed by atoms with van der Waals surface area (Å²) in [6.45, 7) is -1.14. The highest BCUT2D eigenvalue weighted by molar-refractivity contribution is 7.97. The lowest BCUT2D eigenvalue weighted by atomic mass is 10.4. The highest BCUT2D eigenvalue weighted by Gasteiger charge is 2.43. The van der Waals surface area contributed by atoms with Crippen molar-refractivity contribution in [3.8, 4) is 0 Å². The number of carbonyl (C=O) groups is 1. The maximum Gasteiger partial charge on any atom is 0.415 e. The molecule has 0 atom stereocenters. The third kappa shape index (κ3) is 8.23. The zero-order valence-corrected chi connectivity index (χ0v) is 18.3. The molecule has 0 aliphatic rings. The molecule has 10 heteroatoms. The molecule has 0 bridgehead atoms. The van der Waals surface area contributed by atoms with Crippen molar-refractivity contribution in [1.82, 2.24) is 0 Å². The van der Waals surface area contributed by atoms with Crippen molar-refractivity contribution >= 4 is 28.9 Å². The molecule has 3 aromatic carbocycles. The Labute approximate surface area is 191 Å². The van der Waals surface area contributed by atoms with Gasteiger partial charge >= 0.3 is 11.2 Å². The molecule has 0 aromatic heterocycles. The van der Waals surface area contributed by atoms with Crippen molar-refractivity contribution in [2.24, 2.45) is 0 Å². The van der Waals surface area contributed by atoms with E-state index in [0.717, 1.165) is 0 Å². The number of alkyl halides is 2. The largest absolute Gasteiger partial charge is 0.691 e. The molecule has 0 unspecified atom stereocenters. The van der Waals surface area contributed by atoms with E-state index in [4.69, 9.17) is 10.4 Å². The molecule has 32 heavy (non-hydrogen) atoms. The van der Waals surface area contributed by atoms with E-state index in [1.165, 1.54) is 14.7 Å². The number of benzene rings is 3. The van der Waals surface area contributed by atoms with Crippen LogP contribution < -0.4 is 5.26 Å². The number of hydrogen-bond acceptors (Lipinski definition) is 7. The zero-order chi connectivity index (χ0) is 23.2. The Balaban J connectivity index is 0.000000247. The van der Waals surface area contributed by atoms with Gasteiger partial charge in [0, 0.05) is 0 Å². The molecule has 3 aromatic rings. The molecule has 0 spiro atoms. The summed E-state index contributed by atoms with van der Waals surface area (Å²) in [5, 5.41) is 15.8. The average Bonchev–Trinajstić information content (AvgIpc) is 2.84. The van der Waals surface area contributed by atoms with E-state index in [9.17, 15) is 13.6 Å². The van der Waals surface area contributed by atoms with Crippen LogP contribution in [-0.2, 0) is 29.8 Å². The molecule has 6 nitrogen and oxygen atoms in total. The minimum atomic E-state index is -4.04. The molecular weight excluding hydrogens is 462 g/mol. The highest BCUT2D eigenvalue weighted by Crippen LogP contribution is 2.31. The third-order valence-corrected chi connectivity index (χ3v) is 6.40. The summed E-state index contributed by atoms with van der Waals surface area (Å²) in [6.07, 6.45) is 0. The summed E-state index contributed by atoms with van der Waals surface area (Å²) in [4.78, 5) is 14.5. The number of rotatable bonds is 9. The maximum atomic E-state index is 12.4. The lowest BCUT2D eigenvalue weighted by molar-refractivity contribution is -0.777. The topological polar surface area (TPSA) is 88.1 Å². The molecule has 0 heterocycles. The van der Waals surface area contributed by atoms with Crippen molar-refractivity contribution < 1.29 is 38.0 Å². The molecule has 0 saturated carbocycles. The normalized spacial score (nSPS) is 10.9. The third-order valence-electron chi connectivity index (χ3n) is 3.67. The van der Waals surface area contributed by atoms with E-state index < -0.39 is 36.5 Å². The van der Waals surface area contributed by atoms with E-state index in [-0.39, 0.29) is 10.9 Å². The van der Waals surface area contributed by atoms with E-state index in [1.54, 1.807) is 0 Å². The van der Waals surface area contributed by atoms with Gasteiger partial charge in [-0.1, -0.05) is 54.6 Å². The van der Waals surface area contributed by atoms with E-state index in [1.807, 2.05) is 0 Å². The molecule has 0 aliphatic carbocycles. The molecule has 170 valence electrons. The first-order valence-corrected chi connectivity index (χ1v) is 11.2. The molecule has 0 saturated heterocycles. The van der Waals surface area contributed by atoms with Gasteiger partial charge in [-0.15, -0.1) is 0 Å². The SMILES string of the molecule is O=C(OCCO)C(F)(F)SOO[O-].c1ccc([S+](c2ccccc2)c2ccccc2)cc1. The number of esters is 1. The number of aliphatic hydroxyl groups is 1. The second-order valence-electron chi connectivity index (χ2n) is 5.84. The minimum absolute atomic E-state index is 0.0146. The summed E-state index contributed by atoms with van der Waals surface area (Å²) in [6, 6.07) is 32.2. The van der Waals surface area contributed by atoms with Gasteiger partial charge < -0.3 is 15.1 Å². The quantitative estimate of drug-likeness (QED) is 0.163. The van der Waals surface area contributed by atoms with Gasteiger partial charge in [-0.25, -0.2) is 4.79 Å². The summed E-state index contributed by atoms with van der Waals surface area (Å²) in [5.74, 6) is -1.93. The van der Waals surface area contributed by atoms with E-state index >= 15 is 0 Å². The number of aliphatic hydroxyl groups excluding tert-OH is 1. The van der Waals surface area contributed by atoms with Crippen molar-refractivity contribution in [3.05, 3.63) is 91.0 Å². The number of ether oxygens (including phenoxy) is 1. The van der Waals surface area contributed by atoms with Gasteiger partial charge in [-0.05, 0) is 36.4 Å². The van der Waals surface area contributed by atoms with Crippen LogP contribution in [0.3, 0.4) is 0 Å². The first-order chi connectivity index (χ1) is 15.5. The Hall–Kier alpha value is -2.47. The fraction of sp³-hybridized carbons (Fsp3) is 0.136. The second kappa shape index (κ2) is 13.8. The molecule has 3 rings (SSSR count). The Bertz CT molecular complexity index is 824. The van der Waals surface area contributed by atoms with Gasteiger partial charge in [0.05, 0.1) is 17.5 Å².